The Hall–Kier alpha value is -1.01. The van der Waals surface area contributed by atoms with Gasteiger partial charge in [-0.05, 0) is 24.4 Å². The van der Waals surface area contributed by atoms with Crippen molar-refractivity contribution in [3.8, 4) is 5.75 Å². The van der Waals surface area contributed by atoms with E-state index in [4.69, 9.17) is 15.2 Å². The molecule has 0 fully saturated rings. The third-order valence-corrected chi connectivity index (χ3v) is 2.78. The van der Waals surface area contributed by atoms with Crippen LogP contribution in [0.5, 0.6) is 5.75 Å². The molecule has 16 heavy (non-hydrogen) atoms. The van der Waals surface area contributed by atoms with E-state index in [0.717, 1.165) is 37.6 Å². The Morgan fingerprint density at radius 2 is 2.25 bits per heavy atom. The Bertz CT molecular complexity index is 304. The van der Waals surface area contributed by atoms with Gasteiger partial charge in [0, 0.05) is 19.8 Å². The Labute approximate surface area is 100 Å². The van der Waals surface area contributed by atoms with Crippen molar-refractivity contribution in [1.82, 2.24) is 4.37 Å². The van der Waals surface area contributed by atoms with E-state index < -0.39 is 0 Å². The van der Waals surface area contributed by atoms with E-state index in [1.807, 2.05) is 0 Å². The summed E-state index contributed by atoms with van der Waals surface area (Å²) in [6.07, 6.45) is 2.02. The van der Waals surface area contributed by atoms with E-state index in [-0.39, 0.29) is 0 Å². The molecule has 0 aliphatic carbocycles. The van der Waals surface area contributed by atoms with Crippen LogP contribution in [0.25, 0.3) is 0 Å². The summed E-state index contributed by atoms with van der Waals surface area (Å²) in [4.78, 5) is 0. The molecular formula is C10H19N3O2S. The zero-order valence-electron chi connectivity index (χ0n) is 9.78. The number of ether oxygens (including phenoxy) is 2. The number of hydrogen-bond donors (Lipinski definition) is 2. The molecule has 0 unspecified atom stereocenters. The van der Waals surface area contributed by atoms with E-state index in [0.29, 0.717) is 11.6 Å². The summed E-state index contributed by atoms with van der Waals surface area (Å²) in [7, 11) is 1.59. The standard InChI is InChI=1S/C10H19N3O2S/c1-3-6-15-7-4-5-12-10-8(14-2)9(11)13-16-10/h12H,3-7H2,1-2H3,(H2,11,13). The van der Waals surface area contributed by atoms with Crippen molar-refractivity contribution in [1.29, 1.82) is 0 Å². The molecule has 92 valence electrons. The van der Waals surface area contributed by atoms with E-state index in [1.165, 1.54) is 11.5 Å². The number of nitrogens with two attached hydrogens (primary N) is 1. The minimum atomic E-state index is 0.442. The molecule has 0 atom stereocenters. The molecular weight excluding hydrogens is 226 g/mol. The predicted octanol–water partition coefficient (Wildman–Crippen LogP) is 1.96. The number of rotatable bonds is 8. The lowest BCUT2D eigenvalue weighted by Gasteiger charge is -2.06. The van der Waals surface area contributed by atoms with Crippen LogP contribution in [0.3, 0.4) is 0 Å². The van der Waals surface area contributed by atoms with Crippen LogP contribution in [0.2, 0.25) is 0 Å². The summed E-state index contributed by atoms with van der Waals surface area (Å²) in [5.41, 5.74) is 5.63. The van der Waals surface area contributed by atoms with E-state index in [2.05, 4.69) is 16.6 Å². The minimum Gasteiger partial charge on any atom is -0.490 e. The molecule has 0 spiro atoms. The average molecular weight is 245 g/mol. The van der Waals surface area contributed by atoms with Gasteiger partial charge in [-0.3, -0.25) is 0 Å². The fraction of sp³-hybridized carbons (Fsp3) is 0.700. The van der Waals surface area contributed by atoms with Gasteiger partial charge < -0.3 is 20.5 Å². The Kier molecular flexibility index (Phi) is 5.95. The molecule has 0 radical (unpaired) electrons. The second-order valence-electron chi connectivity index (χ2n) is 3.32. The van der Waals surface area contributed by atoms with Crippen molar-refractivity contribution < 1.29 is 9.47 Å². The first-order chi connectivity index (χ1) is 7.79. The summed E-state index contributed by atoms with van der Waals surface area (Å²) in [6.45, 7) is 4.54. The Morgan fingerprint density at radius 1 is 1.44 bits per heavy atom. The molecule has 1 aromatic heterocycles. The van der Waals surface area contributed by atoms with Gasteiger partial charge in [0.05, 0.1) is 7.11 Å². The van der Waals surface area contributed by atoms with Crippen LogP contribution in [0.4, 0.5) is 10.8 Å². The molecule has 5 nitrogen and oxygen atoms in total. The molecule has 0 aliphatic rings. The lowest BCUT2D eigenvalue weighted by molar-refractivity contribution is 0.134. The largest absolute Gasteiger partial charge is 0.490 e. The van der Waals surface area contributed by atoms with Crippen molar-refractivity contribution in [3.63, 3.8) is 0 Å². The second-order valence-corrected chi connectivity index (χ2v) is 4.10. The molecule has 1 aromatic rings. The molecule has 0 bridgehead atoms. The van der Waals surface area contributed by atoms with Gasteiger partial charge in [0.15, 0.2) is 16.6 Å². The average Bonchev–Trinajstić information content (AvgIpc) is 2.64. The van der Waals surface area contributed by atoms with Crippen LogP contribution in [-0.4, -0.2) is 31.2 Å². The lowest BCUT2D eigenvalue weighted by atomic mass is 10.4. The molecule has 6 heteroatoms. The SMILES string of the molecule is CCCOCCCNc1snc(N)c1OC. The van der Waals surface area contributed by atoms with Gasteiger partial charge in [0.25, 0.3) is 0 Å². The maximum Gasteiger partial charge on any atom is 0.197 e. The normalized spacial score (nSPS) is 10.4. The maximum atomic E-state index is 5.63. The van der Waals surface area contributed by atoms with Crippen LogP contribution in [0, 0.1) is 0 Å². The maximum absolute atomic E-state index is 5.63. The van der Waals surface area contributed by atoms with Crippen molar-refractivity contribution in [3.05, 3.63) is 0 Å². The predicted molar refractivity (Wildman–Crippen MR) is 67.3 cm³/mol. The van der Waals surface area contributed by atoms with Crippen LogP contribution >= 0.6 is 11.5 Å². The topological polar surface area (TPSA) is 69.4 Å². The van der Waals surface area contributed by atoms with Gasteiger partial charge in [0.2, 0.25) is 0 Å². The minimum absolute atomic E-state index is 0.442. The molecule has 1 rings (SSSR count). The number of hydrogen-bond acceptors (Lipinski definition) is 6. The number of aromatic nitrogens is 1. The molecule has 0 saturated heterocycles. The molecule has 1 heterocycles. The van der Waals surface area contributed by atoms with Crippen molar-refractivity contribution in [2.45, 2.75) is 19.8 Å². The summed E-state index contributed by atoms with van der Waals surface area (Å²) >= 11 is 1.32. The number of anilines is 2. The lowest BCUT2D eigenvalue weighted by Crippen LogP contribution is -2.06. The summed E-state index contributed by atoms with van der Waals surface area (Å²) in [5, 5.41) is 4.12. The fourth-order valence-corrected chi connectivity index (χ4v) is 1.94. The van der Waals surface area contributed by atoms with Gasteiger partial charge >= 0.3 is 0 Å². The van der Waals surface area contributed by atoms with E-state index >= 15 is 0 Å². The van der Waals surface area contributed by atoms with Crippen molar-refractivity contribution in [2.75, 3.05) is 37.9 Å². The number of nitrogen functional groups attached to an aromatic ring is 1. The molecule has 0 saturated carbocycles. The first-order valence-electron chi connectivity index (χ1n) is 5.40. The Morgan fingerprint density at radius 3 is 2.94 bits per heavy atom. The second kappa shape index (κ2) is 7.29. The molecule has 0 aliphatic heterocycles. The zero-order valence-corrected chi connectivity index (χ0v) is 10.6. The summed E-state index contributed by atoms with van der Waals surface area (Å²) in [5.74, 6) is 1.08. The first-order valence-corrected chi connectivity index (χ1v) is 6.17. The highest BCUT2D eigenvalue weighted by atomic mass is 32.1. The third kappa shape index (κ3) is 3.86. The van der Waals surface area contributed by atoms with E-state index in [1.54, 1.807) is 7.11 Å². The summed E-state index contributed by atoms with van der Waals surface area (Å²) in [6, 6.07) is 0. The highest BCUT2D eigenvalue weighted by Crippen LogP contribution is 2.34. The number of nitrogens with one attached hydrogen (secondary N) is 1. The van der Waals surface area contributed by atoms with Crippen LogP contribution in [-0.2, 0) is 4.74 Å². The quantitative estimate of drug-likeness (QED) is 0.685. The number of nitrogens with zero attached hydrogens (tertiary/aromatic N) is 1. The monoisotopic (exact) mass is 245 g/mol. The molecule has 0 amide bonds. The van der Waals surface area contributed by atoms with Gasteiger partial charge in [0.1, 0.15) is 0 Å². The number of methoxy groups -OCH3 is 1. The molecule has 3 N–H and O–H groups in total. The summed E-state index contributed by atoms with van der Waals surface area (Å²) < 4.78 is 14.5. The van der Waals surface area contributed by atoms with Gasteiger partial charge in [-0.1, -0.05) is 6.92 Å². The van der Waals surface area contributed by atoms with Crippen molar-refractivity contribution >= 4 is 22.4 Å². The first kappa shape index (κ1) is 13.1. The highest BCUT2D eigenvalue weighted by molar-refractivity contribution is 7.11. The highest BCUT2D eigenvalue weighted by Gasteiger charge is 2.10. The Balaban J connectivity index is 2.21. The third-order valence-electron chi connectivity index (χ3n) is 1.98. The zero-order chi connectivity index (χ0) is 11.8. The van der Waals surface area contributed by atoms with Gasteiger partial charge in [-0.25, -0.2) is 0 Å². The van der Waals surface area contributed by atoms with Gasteiger partial charge in [-0.15, -0.1) is 0 Å². The van der Waals surface area contributed by atoms with Crippen LogP contribution in [0.15, 0.2) is 0 Å². The fourth-order valence-electron chi connectivity index (χ4n) is 1.23. The van der Waals surface area contributed by atoms with Crippen molar-refractivity contribution in [2.24, 2.45) is 0 Å². The molecule has 0 aromatic carbocycles. The van der Waals surface area contributed by atoms with Crippen LogP contribution in [0.1, 0.15) is 19.8 Å². The van der Waals surface area contributed by atoms with Crippen LogP contribution < -0.4 is 15.8 Å². The smallest absolute Gasteiger partial charge is 0.197 e. The van der Waals surface area contributed by atoms with Gasteiger partial charge in [-0.2, -0.15) is 4.37 Å². The van der Waals surface area contributed by atoms with E-state index in [9.17, 15) is 0 Å².